The number of aliphatic hydroxyl groups is 1. The van der Waals surface area contributed by atoms with Crippen LogP contribution in [0.1, 0.15) is 28.3 Å². The molecule has 0 saturated carbocycles. The number of ether oxygens (including phenoxy) is 1. The van der Waals surface area contributed by atoms with Crippen molar-refractivity contribution in [2.24, 2.45) is 0 Å². The standard InChI is InChI=1S/C19H21NO3/c1-12-7-8-15(9-13(12)2)23-11-18(22)20-19-16-6-4-3-5-14(16)10-17(19)21/h3-9,17,19,21H,10-11H2,1-2H3,(H,20,22). The summed E-state index contributed by atoms with van der Waals surface area (Å²) in [5, 5.41) is 13.0. The normalized spacial score (nSPS) is 19.3. The van der Waals surface area contributed by atoms with E-state index in [9.17, 15) is 9.90 Å². The first kappa shape index (κ1) is 15.6. The fraction of sp³-hybridized carbons (Fsp3) is 0.316. The second-order valence-electron chi connectivity index (χ2n) is 6.05. The van der Waals surface area contributed by atoms with Gasteiger partial charge in [0.05, 0.1) is 12.1 Å². The van der Waals surface area contributed by atoms with Crippen LogP contribution in [0.2, 0.25) is 0 Å². The predicted molar refractivity (Wildman–Crippen MR) is 88.4 cm³/mol. The van der Waals surface area contributed by atoms with Gasteiger partial charge in [0.15, 0.2) is 6.61 Å². The summed E-state index contributed by atoms with van der Waals surface area (Å²) < 4.78 is 5.54. The van der Waals surface area contributed by atoms with E-state index in [1.54, 1.807) is 0 Å². The van der Waals surface area contributed by atoms with Crippen LogP contribution in [-0.4, -0.2) is 23.7 Å². The van der Waals surface area contributed by atoms with Gasteiger partial charge in [0.25, 0.3) is 5.91 Å². The number of amides is 1. The summed E-state index contributed by atoms with van der Waals surface area (Å²) in [6.07, 6.45) is -0.0166. The Morgan fingerprint density at radius 1 is 1.22 bits per heavy atom. The van der Waals surface area contributed by atoms with Gasteiger partial charge in [0.2, 0.25) is 0 Å². The highest BCUT2D eigenvalue weighted by molar-refractivity contribution is 5.78. The van der Waals surface area contributed by atoms with E-state index in [2.05, 4.69) is 5.32 Å². The largest absolute Gasteiger partial charge is 0.484 e. The third kappa shape index (κ3) is 3.37. The number of rotatable bonds is 4. The molecule has 0 heterocycles. The van der Waals surface area contributed by atoms with Gasteiger partial charge in [0, 0.05) is 6.42 Å². The van der Waals surface area contributed by atoms with E-state index in [1.165, 1.54) is 5.56 Å². The van der Waals surface area contributed by atoms with Crippen LogP contribution in [0, 0.1) is 13.8 Å². The smallest absolute Gasteiger partial charge is 0.258 e. The summed E-state index contributed by atoms with van der Waals surface area (Å²) >= 11 is 0. The lowest BCUT2D eigenvalue weighted by atomic mass is 10.1. The van der Waals surface area contributed by atoms with Crippen LogP contribution >= 0.6 is 0 Å². The molecule has 0 fully saturated rings. The topological polar surface area (TPSA) is 58.6 Å². The highest BCUT2D eigenvalue weighted by Crippen LogP contribution is 2.31. The zero-order chi connectivity index (χ0) is 16.4. The van der Waals surface area contributed by atoms with E-state index < -0.39 is 6.10 Å². The lowest BCUT2D eigenvalue weighted by Gasteiger charge is -2.18. The molecule has 2 unspecified atom stereocenters. The summed E-state index contributed by atoms with van der Waals surface area (Å²) in [5.74, 6) is 0.444. The zero-order valence-corrected chi connectivity index (χ0v) is 13.4. The van der Waals surface area contributed by atoms with Crippen molar-refractivity contribution in [1.29, 1.82) is 0 Å². The minimum Gasteiger partial charge on any atom is -0.484 e. The molecule has 23 heavy (non-hydrogen) atoms. The monoisotopic (exact) mass is 311 g/mol. The summed E-state index contributed by atoms with van der Waals surface area (Å²) in [4.78, 5) is 12.1. The Morgan fingerprint density at radius 3 is 2.78 bits per heavy atom. The Morgan fingerprint density at radius 2 is 2.00 bits per heavy atom. The van der Waals surface area contributed by atoms with E-state index >= 15 is 0 Å². The lowest BCUT2D eigenvalue weighted by molar-refractivity contribution is -0.124. The van der Waals surface area contributed by atoms with Crippen LogP contribution in [0.3, 0.4) is 0 Å². The molecule has 0 spiro atoms. The molecule has 2 atom stereocenters. The zero-order valence-electron chi connectivity index (χ0n) is 13.4. The molecule has 2 aromatic carbocycles. The molecule has 3 rings (SSSR count). The molecule has 4 nitrogen and oxygen atoms in total. The molecule has 1 aliphatic carbocycles. The van der Waals surface area contributed by atoms with E-state index in [-0.39, 0.29) is 18.6 Å². The van der Waals surface area contributed by atoms with Gasteiger partial charge in [-0.05, 0) is 48.2 Å². The molecule has 0 radical (unpaired) electrons. The maximum Gasteiger partial charge on any atom is 0.258 e. The number of hydrogen-bond acceptors (Lipinski definition) is 3. The molecule has 1 aliphatic rings. The van der Waals surface area contributed by atoms with Gasteiger partial charge < -0.3 is 15.2 Å². The van der Waals surface area contributed by atoms with Crippen molar-refractivity contribution >= 4 is 5.91 Å². The fourth-order valence-electron chi connectivity index (χ4n) is 2.92. The molecule has 0 bridgehead atoms. The number of carbonyl (C=O) groups is 1. The number of hydrogen-bond donors (Lipinski definition) is 2. The average molecular weight is 311 g/mol. The van der Waals surface area contributed by atoms with Crippen molar-refractivity contribution in [2.45, 2.75) is 32.4 Å². The minimum absolute atomic E-state index is 0.0616. The van der Waals surface area contributed by atoms with Gasteiger partial charge in [-0.1, -0.05) is 30.3 Å². The highest BCUT2D eigenvalue weighted by Gasteiger charge is 2.31. The van der Waals surface area contributed by atoms with Crippen LogP contribution < -0.4 is 10.1 Å². The maximum atomic E-state index is 12.1. The van der Waals surface area contributed by atoms with Crippen LogP contribution in [0.15, 0.2) is 42.5 Å². The van der Waals surface area contributed by atoms with Gasteiger partial charge in [-0.15, -0.1) is 0 Å². The number of benzene rings is 2. The Bertz CT molecular complexity index is 726. The fourth-order valence-corrected chi connectivity index (χ4v) is 2.92. The average Bonchev–Trinajstić information content (AvgIpc) is 2.84. The van der Waals surface area contributed by atoms with Crippen molar-refractivity contribution in [3.63, 3.8) is 0 Å². The van der Waals surface area contributed by atoms with Crippen molar-refractivity contribution in [3.8, 4) is 5.75 Å². The van der Waals surface area contributed by atoms with E-state index in [1.807, 2.05) is 56.3 Å². The van der Waals surface area contributed by atoms with Crippen LogP contribution in [0.5, 0.6) is 5.75 Å². The third-order valence-corrected chi connectivity index (χ3v) is 4.37. The Hall–Kier alpha value is -2.33. The first-order valence-electron chi connectivity index (χ1n) is 7.80. The Labute approximate surface area is 136 Å². The van der Waals surface area contributed by atoms with Gasteiger partial charge in [-0.25, -0.2) is 0 Å². The molecule has 0 saturated heterocycles. The quantitative estimate of drug-likeness (QED) is 0.912. The second-order valence-corrected chi connectivity index (χ2v) is 6.05. The second kappa shape index (κ2) is 6.42. The number of nitrogens with one attached hydrogen (secondary N) is 1. The van der Waals surface area contributed by atoms with Crippen molar-refractivity contribution < 1.29 is 14.6 Å². The summed E-state index contributed by atoms with van der Waals surface area (Å²) in [7, 11) is 0. The molecule has 4 heteroatoms. The molecular weight excluding hydrogens is 290 g/mol. The number of fused-ring (bicyclic) bond motifs is 1. The molecular formula is C19H21NO3. The first-order chi connectivity index (χ1) is 11.0. The molecule has 1 amide bonds. The van der Waals surface area contributed by atoms with Crippen molar-refractivity contribution in [3.05, 3.63) is 64.7 Å². The first-order valence-corrected chi connectivity index (χ1v) is 7.80. The van der Waals surface area contributed by atoms with Crippen LogP contribution in [-0.2, 0) is 11.2 Å². The summed E-state index contributed by atoms with van der Waals surface area (Å²) in [6, 6.07) is 13.2. The van der Waals surface area contributed by atoms with Gasteiger partial charge >= 0.3 is 0 Å². The number of aliphatic hydroxyl groups excluding tert-OH is 1. The molecule has 2 aromatic rings. The maximum absolute atomic E-state index is 12.1. The molecule has 0 aliphatic heterocycles. The SMILES string of the molecule is Cc1ccc(OCC(=O)NC2c3ccccc3CC2O)cc1C. The van der Waals surface area contributed by atoms with E-state index in [0.29, 0.717) is 12.2 Å². The van der Waals surface area contributed by atoms with E-state index in [0.717, 1.165) is 16.7 Å². The van der Waals surface area contributed by atoms with Gasteiger partial charge in [-0.2, -0.15) is 0 Å². The van der Waals surface area contributed by atoms with Crippen LogP contribution in [0.25, 0.3) is 0 Å². The third-order valence-electron chi connectivity index (χ3n) is 4.37. The minimum atomic E-state index is -0.585. The van der Waals surface area contributed by atoms with Crippen LogP contribution in [0.4, 0.5) is 0 Å². The van der Waals surface area contributed by atoms with Gasteiger partial charge in [-0.3, -0.25) is 4.79 Å². The highest BCUT2D eigenvalue weighted by atomic mass is 16.5. The Balaban J connectivity index is 1.60. The van der Waals surface area contributed by atoms with Gasteiger partial charge in [0.1, 0.15) is 5.75 Å². The Kier molecular flexibility index (Phi) is 4.35. The molecule has 0 aromatic heterocycles. The summed E-state index contributed by atoms with van der Waals surface area (Å²) in [6.45, 7) is 3.98. The van der Waals surface area contributed by atoms with E-state index in [4.69, 9.17) is 4.74 Å². The summed E-state index contributed by atoms with van der Waals surface area (Å²) in [5.41, 5.74) is 4.38. The lowest BCUT2D eigenvalue weighted by Crippen LogP contribution is -2.36. The molecule has 120 valence electrons. The van der Waals surface area contributed by atoms with Crippen molar-refractivity contribution in [1.82, 2.24) is 5.32 Å². The van der Waals surface area contributed by atoms with Crippen molar-refractivity contribution in [2.75, 3.05) is 6.61 Å². The number of carbonyl (C=O) groups excluding carboxylic acids is 1. The molecule has 2 N–H and O–H groups in total. The predicted octanol–water partition coefficient (Wildman–Crippen LogP) is 2.46. The number of aryl methyl sites for hydroxylation is 2.